The van der Waals surface area contributed by atoms with Crippen LogP contribution >= 0.6 is 24.2 Å². The third-order valence-electron chi connectivity index (χ3n) is 2.66. The van der Waals surface area contributed by atoms with Crippen molar-refractivity contribution in [1.29, 1.82) is 0 Å². The maximum atomic E-state index is 10.5. The molecule has 0 aromatic carbocycles. The lowest BCUT2D eigenvalue weighted by atomic mass is 10.4. The summed E-state index contributed by atoms with van der Waals surface area (Å²) in [6.45, 7) is 1.53. The second-order valence-electron chi connectivity index (χ2n) is 5.06. The molecular weight excluding hydrogens is 356 g/mol. The number of nitrogens with zero attached hydrogens (tertiary/aromatic N) is 2. The molecule has 8 nitrogen and oxygen atoms in total. The van der Waals surface area contributed by atoms with E-state index in [1.807, 2.05) is 31.1 Å². The zero-order valence-electron chi connectivity index (χ0n) is 13.9. The summed E-state index contributed by atoms with van der Waals surface area (Å²) in [4.78, 5) is 12.0. The van der Waals surface area contributed by atoms with E-state index in [4.69, 9.17) is 9.52 Å². The van der Waals surface area contributed by atoms with Crippen molar-refractivity contribution in [2.24, 2.45) is 0 Å². The van der Waals surface area contributed by atoms with Gasteiger partial charge >= 0.3 is 0 Å². The first-order chi connectivity index (χ1) is 11.0. The largest absolute Gasteiger partial charge is 0.464 e. The van der Waals surface area contributed by atoms with Crippen LogP contribution < -0.4 is 10.6 Å². The zero-order valence-corrected chi connectivity index (χ0v) is 15.5. The molecule has 0 amide bonds. The molecule has 10 heteroatoms. The number of aliphatic hydroxyl groups excluding tert-OH is 1. The molecule has 0 bridgehead atoms. The summed E-state index contributed by atoms with van der Waals surface area (Å²) in [5.41, 5.74) is 0. The number of halogens is 1. The Balaban J connectivity index is 0.00000529. The van der Waals surface area contributed by atoms with Crippen LogP contribution in [0.4, 0.5) is 0 Å². The highest BCUT2D eigenvalue weighted by atomic mass is 35.5. The molecule has 0 aliphatic carbocycles. The molecule has 1 rings (SSSR count). The SMILES string of the molecule is CN(C)Cc1ccc(CSCCN/C(=C/[N+](=O)[O-])NCCO)o1.Cl. The number of nitro groups is 1. The number of rotatable bonds is 12. The van der Waals surface area contributed by atoms with Gasteiger partial charge in [-0.2, -0.15) is 11.8 Å². The van der Waals surface area contributed by atoms with E-state index in [1.165, 1.54) is 0 Å². The maximum Gasteiger partial charge on any atom is 0.274 e. The van der Waals surface area contributed by atoms with Gasteiger partial charge in [0.15, 0.2) is 5.82 Å². The Morgan fingerprint density at radius 1 is 1.38 bits per heavy atom. The summed E-state index contributed by atoms with van der Waals surface area (Å²) in [6.07, 6.45) is 0.861. The van der Waals surface area contributed by atoms with E-state index in [2.05, 4.69) is 10.6 Å². The first-order valence-corrected chi connectivity index (χ1v) is 8.40. The van der Waals surface area contributed by atoms with Crippen LogP contribution in [0.15, 0.2) is 28.6 Å². The van der Waals surface area contributed by atoms with Gasteiger partial charge in [0.1, 0.15) is 11.5 Å². The van der Waals surface area contributed by atoms with Crippen molar-refractivity contribution in [1.82, 2.24) is 15.5 Å². The van der Waals surface area contributed by atoms with Crippen LogP contribution in [0.1, 0.15) is 11.5 Å². The third kappa shape index (κ3) is 10.4. The fourth-order valence-corrected chi connectivity index (χ4v) is 2.52. The van der Waals surface area contributed by atoms with E-state index in [0.29, 0.717) is 12.4 Å². The minimum absolute atomic E-state index is 0. The predicted molar refractivity (Wildman–Crippen MR) is 97.7 cm³/mol. The molecule has 0 aliphatic rings. The lowest BCUT2D eigenvalue weighted by molar-refractivity contribution is -0.404. The Kier molecular flexibility index (Phi) is 12.2. The standard InChI is InChI=1S/C14H24N4O4S.ClH/c1-17(2)9-12-3-4-13(22-12)11-23-8-6-16-14(10-18(20)21)15-5-7-19;/h3-4,10,15-16,19H,5-9,11H2,1-2H3;1H/b14-10+;. The second kappa shape index (κ2) is 12.9. The minimum atomic E-state index is -0.533. The van der Waals surface area contributed by atoms with E-state index in [1.54, 1.807) is 11.8 Å². The molecule has 0 fully saturated rings. The van der Waals surface area contributed by atoms with Gasteiger partial charge in [0, 0.05) is 18.8 Å². The Hall–Kier alpha value is -1.42. The normalized spacial score (nSPS) is 11.2. The quantitative estimate of drug-likeness (QED) is 0.283. The first-order valence-electron chi connectivity index (χ1n) is 7.25. The lowest BCUT2D eigenvalue weighted by Crippen LogP contribution is -2.30. The third-order valence-corrected chi connectivity index (χ3v) is 3.64. The topological polar surface area (TPSA) is 104 Å². The van der Waals surface area contributed by atoms with Crippen LogP contribution in [0.25, 0.3) is 0 Å². The van der Waals surface area contributed by atoms with Gasteiger partial charge in [0.25, 0.3) is 6.20 Å². The maximum absolute atomic E-state index is 10.5. The molecule has 1 aromatic rings. The van der Waals surface area contributed by atoms with Crippen LogP contribution in [-0.2, 0) is 12.3 Å². The van der Waals surface area contributed by atoms with Gasteiger partial charge in [-0.25, -0.2) is 0 Å². The number of hydrogen-bond donors (Lipinski definition) is 3. The van der Waals surface area contributed by atoms with Crippen molar-refractivity contribution >= 4 is 24.2 Å². The number of thioether (sulfide) groups is 1. The minimum Gasteiger partial charge on any atom is -0.464 e. The van der Waals surface area contributed by atoms with Crippen molar-refractivity contribution < 1.29 is 14.4 Å². The molecule has 3 N–H and O–H groups in total. The predicted octanol–water partition coefficient (Wildman–Crippen LogP) is 1.24. The molecule has 0 unspecified atom stereocenters. The van der Waals surface area contributed by atoms with Crippen molar-refractivity contribution in [2.45, 2.75) is 12.3 Å². The average Bonchev–Trinajstić information content (AvgIpc) is 2.90. The molecule has 0 saturated heterocycles. The molecule has 1 heterocycles. The summed E-state index contributed by atoms with van der Waals surface area (Å²) < 4.78 is 5.70. The highest BCUT2D eigenvalue weighted by molar-refractivity contribution is 7.98. The summed E-state index contributed by atoms with van der Waals surface area (Å²) in [5, 5.41) is 24.9. The molecule has 24 heavy (non-hydrogen) atoms. The highest BCUT2D eigenvalue weighted by Crippen LogP contribution is 2.15. The molecule has 1 aromatic heterocycles. The number of furan rings is 1. The molecule has 138 valence electrons. The van der Waals surface area contributed by atoms with Crippen LogP contribution in [-0.4, -0.2) is 54.5 Å². The fraction of sp³-hybridized carbons (Fsp3) is 0.571. The first kappa shape index (κ1) is 22.6. The van der Waals surface area contributed by atoms with Crippen LogP contribution in [0.5, 0.6) is 0 Å². The summed E-state index contributed by atoms with van der Waals surface area (Å²) in [6, 6.07) is 3.95. The number of nitrogens with one attached hydrogen (secondary N) is 2. The van der Waals surface area contributed by atoms with E-state index < -0.39 is 4.92 Å². The molecule has 0 aliphatic heterocycles. The van der Waals surface area contributed by atoms with Crippen molar-refractivity contribution in [3.63, 3.8) is 0 Å². The van der Waals surface area contributed by atoms with Gasteiger partial charge in [0.2, 0.25) is 0 Å². The zero-order chi connectivity index (χ0) is 17.1. The van der Waals surface area contributed by atoms with E-state index in [-0.39, 0.29) is 25.6 Å². The van der Waals surface area contributed by atoms with E-state index in [0.717, 1.165) is 35.8 Å². The van der Waals surface area contributed by atoms with Gasteiger partial charge in [-0.3, -0.25) is 10.1 Å². The number of aliphatic hydroxyl groups is 1. The van der Waals surface area contributed by atoms with E-state index >= 15 is 0 Å². The van der Waals surface area contributed by atoms with Crippen molar-refractivity contribution in [3.05, 3.63) is 45.8 Å². The Morgan fingerprint density at radius 3 is 2.67 bits per heavy atom. The summed E-state index contributed by atoms with van der Waals surface area (Å²) in [7, 11) is 3.98. The van der Waals surface area contributed by atoms with Crippen LogP contribution in [0, 0.1) is 10.1 Å². The van der Waals surface area contributed by atoms with Crippen molar-refractivity contribution in [2.75, 3.05) is 39.5 Å². The van der Waals surface area contributed by atoms with Crippen molar-refractivity contribution in [3.8, 4) is 0 Å². The van der Waals surface area contributed by atoms with Gasteiger partial charge in [-0.15, -0.1) is 12.4 Å². The average molecular weight is 381 g/mol. The summed E-state index contributed by atoms with van der Waals surface area (Å²) in [5.74, 6) is 3.70. The Labute approximate surface area is 152 Å². The molecule has 0 spiro atoms. The lowest BCUT2D eigenvalue weighted by Gasteiger charge is -2.09. The smallest absolute Gasteiger partial charge is 0.274 e. The van der Waals surface area contributed by atoms with Gasteiger partial charge in [0.05, 0.1) is 23.8 Å². The number of hydrogen-bond acceptors (Lipinski definition) is 8. The molecule has 0 saturated carbocycles. The highest BCUT2D eigenvalue weighted by Gasteiger charge is 2.04. The van der Waals surface area contributed by atoms with Crippen LogP contribution in [0.3, 0.4) is 0 Å². The monoisotopic (exact) mass is 380 g/mol. The van der Waals surface area contributed by atoms with E-state index in [9.17, 15) is 10.1 Å². The molecule has 0 atom stereocenters. The summed E-state index contributed by atoms with van der Waals surface area (Å²) >= 11 is 1.68. The second-order valence-corrected chi connectivity index (χ2v) is 6.17. The fourth-order valence-electron chi connectivity index (χ4n) is 1.78. The molecule has 0 radical (unpaired) electrons. The molecular formula is C14H25ClN4O4S. The van der Waals surface area contributed by atoms with Gasteiger partial charge < -0.3 is 25.1 Å². The Morgan fingerprint density at radius 2 is 2.04 bits per heavy atom. The van der Waals surface area contributed by atoms with Crippen LogP contribution in [0.2, 0.25) is 0 Å². The Bertz CT molecular complexity index is 511. The van der Waals surface area contributed by atoms with Gasteiger partial charge in [-0.05, 0) is 26.2 Å². The van der Waals surface area contributed by atoms with Gasteiger partial charge in [-0.1, -0.05) is 0 Å².